The molecule has 10 heavy (non-hydrogen) atoms. The normalized spacial score (nSPS) is 9.50. The van der Waals surface area contributed by atoms with Gasteiger partial charge in [-0.15, -0.1) is 6.42 Å². The first-order valence-corrected chi connectivity index (χ1v) is 3.10. The molecule has 0 aliphatic heterocycles. The minimum atomic E-state index is -0.755. The van der Waals surface area contributed by atoms with E-state index in [9.17, 15) is 4.79 Å². The van der Waals surface area contributed by atoms with Crippen LogP contribution in [0.25, 0.3) is 0 Å². The van der Waals surface area contributed by atoms with Crippen LogP contribution < -0.4 is 0 Å². The van der Waals surface area contributed by atoms with E-state index in [4.69, 9.17) is 11.5 Å². The van der Waals surface area contributed by atoms with Crippen molar-refractivity contribution in [1.82, 2.24) is 0 Å². The van der Waals surface area contributed by atoms with Gasteiger partial charge in [-0.2, -0.15) is 0 Å². The van der Waals surface area contributed by atoms with Crippen LogP contribution in [0.15, 0.2) is 12.2 Å². The molecule has 54 valence electrons. The number of rotatable bonds is 4. The van der Waals surface area contributed by atoms with E-state index in [1.54, 1.807) is 12.2 Å². The molecule has 0 unspecified atom stereocenters. The van der Waals surface area contributed by atoms with E-state index in [0.717, 1.165) is 6.42 Å². The van der Waals surface area contributed by atoms with Crippen molar-refractivity contribution in [2.24, 2.45) is 0 Å². The second-order valence-electron chi connectivity index (χ2n) is 1.86. The smallest absolute Gasteiger partial charge is 0.303 e. The highest BCUT2D eigenvalue weighted by Gasteiger charge is 1.92. The molecule has 0 aliphatic rings. The summed E-state index contributed by atoms with van der Waals surface area (Å²) in [6.45, 7) is 0. The van der Waals surface area contributed by atoms with Crippen molar-refractivity contribution in [3.8, 4) is 12.3 Å². The molecule has 0 aromatic heterocycles. The van der Waals surface area contributed by atoms with Gasteiger partial charge in [-0.25, -0.2) is 0 Å². The molecule has 2 nitrogen and oxygen atoms in total. The van der Waals surface area contributed by atoms with Crippen LogP contribution in [0.4, 0.5) is 0 Å². The van der Waals surface area contributed by atoms with Gasteiger partial charge >= 0.3 is 5.97 Å². The van der Waals surface area contributed by atoms with E-state index >= 15 is 0 Å². The molecule has 0 aliphatic carbocycles. The fourth-order valence-corrected chi connectivity index (χ4v) is 0.523. The van der Waals surface area contributed by atoms with Gasteiger partial charge in [0.2, 0.25) is 0 Å². The quantitative estimate of drug-likeness (QED) is 0.471. The zero-order valence-corrected chi connectivity index (χ0v) is 5.71. The van der Waals surface area contributed by atoms with Gasteiger partial charge < -0.3 is 5.11 Å². The van der Waals surface area contributed by atoms with Gasteiger partial charge in [0.1, 0.15) is 0 Å². The average Bonchev–Trinajstić information content (AvgIpc) is 1.87. The lowest BCUT2D eigenvalue weighted by Crippen LogP contribution is -1.92. The van der Waals surface area contributed by atoms with Gasteiger partial charge in [0.15, 0.2) is 0 Å². The predicted molar refractivity (Wildman–Crippen MR) is 39.5 cm³/mol. The topological polar surface area (TPSA) is 37.3 Å². The molecular formula is C8H10O2. The Kier molecular flexibility index (Phi) is 5.17. The van der Waals surface area contributed by atoms with Gasteiger partial charge in [0, 0.05) is 6.42 Å². The Morgan fingerprint density at radius 3 is 2.90 bits per heavy atom. The van der Waals surface area contributed by atoms with Crippen LogP contribution >= 0.6 is 0 Å². The number of carbonyl (C=O) groups is 1. The van der Waals surface area contributed by atoms with Crippen LogP contribution in [-0.2, 0) is 4.79 Å². The van der Waals surface area contributed by atoms with Crippen LogP contribution in [0, 0.1) is 12.3 Å². The van der Waals surface area contributed by atoms with Gasteiger partial charge in [-0.1, -0.05) is 12.0 Å². The molecule has 0 rings (SSSR count). The highest BCUT2D eigenvalue weighted by Crippen LogP contribution is 1.95. The summed E-state index contributed by atoms with van der Waals surface area (Å²) in [7, 11) is 0. The largest absolute Gasteiger partial charge is 0.481 e. The Morgan fingerprint density at radius 1 is 1.70 bits per heavy atom. The summed E-state index contributed by atoms with van der Waals surface area (Å²) in [5.41, 5.74) is 0. The zero-order valence-electron chi connectivity index (χ0n) is 5.71. The summed E-state index contributed by atoms with van der Waals surface area (Å²) in [5, 5.41) is 8.21. The molecule has 0 atom stereocenters. The van der Waals surface area contributed by atoms with Crippen LogP contribution in [-0.4, -0.2) is 11.1 Å². The van der Waals surface area contributed by atoms with Crippen LogP contribution in [0.5, 0.6) is 0 Å². The molecule has 1 N–H and O–H groups in total. The highest BCUT2D eigenvalue weighted by molar-refractivity contribution is 5.66. The molecule has 0 spiro atoms. The number of carboxylic acids is 1. The standard InChI is InChI=1S/C8H10O2/c1-2-3-4-5-6-7-8(9)10/h1,3-4H,5-7H2,(H,9,10)/b4-3+. The molecule has 0 radical (unpaired) electrons. The summed E-state index contributed by atoms with van der Waals surface area (Å²) in [5.74, 6) is 1.57. The van der Waals surface area contributed by atoms with E-state index in [1.165, 1.54) is 0 Å². The minimum Gasteiger partial charge on any atom is -0.481 e. The van der Waals surface area contributed by atoms with Gasteiger partial charge in [0.05, 0.1) is 0 Å². The lowest BCUT2D eigenvalue weighted by atomic mass is 10.2. The number of unbranched alkanes of at least 4 members (excludes halogenated alkanes) is 1. The Morgan fingerprint density at radius 2 is 2.40 bits per heavy atom. The van der Waals surface area contributed by atoms with Crippen LogP contribution in [0.1, 0.15) is 19.3 Å². The van der Waals surface area contributed by atoms with E-state index in [0.29, 0.717) is 6.42 Å². The Labute approximate surface area is 60.6 Å². The molecule has 0 fully saturated rings. The first kappa shape index (κ1) is 8.77. The third-order valence-corrected chi connectivity index (χ3v) is 0.976. The van der Waals surface area contributed by atoms with Crippen molar-refractivity contribution in [3.63, 3.8) is 0 Å². The summed E-state index contributed by atoms with van der Waals surface area (Å²) in [4.78, 5) is 9.97. The van der Waals surface area contributed by atoms with Crippen LogP contribution in [0.3, 0.4) is 0 Å². The van der Waals surface area contributed by atoms with E-state index < -0.39 is 5.97 Å². The number of carboxylic acid groups (broad SMARTS) is 1. The van der Waals surface area contributed by atoms with Gasteiger partial charge in [0.25, 0.3) is 0 Å². The fraction of sp³-hybridized carbons (Fsp3) is 0.375. The molecule has 0 saturated carbocycles. The molecule has 0 saturated heterocycles. The summed E-state index contributed by atoms with van der Waals surface area (Å²) < 4.78 is 0. The summed E-state index contributed by atoms with van der Waals surface area (Å²) in [6.07, 6.45) is 9.92. The van der Waals surface area contributed by atoms with Crippen molar-refractivity contribution in [3.05, 3.63) is 12.2 Å². The molecule has 0 heterocycles. The van der Waals surface area contributed by atoms with Gasteiger partial charge in [-0.05, 0) is 18.9 Å². The molecular weight excluding hydrogens is 128 g/mol. The monoisotopic (exact) mass is 138 g/mol. The first-order valence-electron chi connectivity index (χ1n) is 3.10. The zero-order chi connectivity index (χ0) is 7.82. The second kappa shape index (κ2) is 5.90. The minimum absolute atomic E-state index is 0.217. The van der Waals surface area contributed by atoms with Gasteiger partial charge in [-0.3, -0.25) is 4.79 Å². The first-order chi connectivity index (χ1) is 4.77. The number of aliphatic carboxylic acids is 1. The predicted octanol–water partition coefficient (Wildman–Crippen LogP) is 1.43. The average molecular weight is 138 g/mol. The Hall–Kier alpha value is -1.23. The highest BCUT2D eigenvalue weighted by atomic mass is 16.4. The van der Waals surface area contributed by atoms with E-state index in [-0.39, 0.29) is 6.42 Å². The molecule has 2 heteroatoms. The number of terminal acetylenes is 1. The maximum absolute atomic E-state index is 9.97. The summed E-state index contributed by atoms with van der Waals surface area (Å²) in [6, 6.07) is 0. The Bertz CT molecular complexity index is 163. The SMILES string of the molecule is C#C/C=C/CCCC(=O)O. The molecule has 0 aromatic rings. The van der Waals surface area contributed by atoms with E-state index in [2.05, 4.69) is 5.92 Å². The number of hydrogen-bond acceptors (Lipinski definition) is 1. The Balaban J connectivity index is 3.15. The maximum atomic E-state index is 9.97. The summed E-state index contributed by atoms with van der Waals surface area (Å²) >= 11 is 0. The number of allylic oxidation sites excluding steroid dienone is 2. The second-order valence-corrected chi connectivity index (χ2v) is 1.86. The van der Waals surface area contributed by atoms with Crippen molar-refractivity contribution in [1.29, 1.82) is 0 Å². The third-order valence-electron chi connectivity index (χ3n) is 0.976. The van der Waals surface area contributed by atoms with E-state index in [1.807, 2.05) is 0 Å². The maximum Gasteiger partial charge on any atom is 0.303 e. The van der Waals surface area contributed by atoms with Crippen molar-refractivity contribution < 1.29 is 9.90 Å². The molecule has 0 amide bonds. The number of hydrogen-bond donors (Lipinski definition) is 1. The lowest BCUT2D eigenvalue weighted by molar-refractivity contribution is -0.137. The molecule has 0 bridgehead atoms. The lowest BCUT2D eigenvalue weighted by Gasteiger charge is -1.87. The molecule has 0 aromatic carbocycles. The van der Waals surface area contributed by atoms with Crippen molar-refractivity contribution in [2.75, 3.05) is 0 Å². The third kappa shape index (κ3) is 6.77. The fourth-order valence-electron chi connectivity index (χ4n) is 0.523. The van der Waals surface area contributed by atoms with Crippen molar-refractivity contribution >= 4 is 5.97 Å². The van der Waals surface area contributed by atoms with Crippen LogP contribution in [0.2, 0.25) is 0 Å². The van der Waals surface area contributed by atoms with Crippen molar-refractivity contribution in [2.45, 2.75) is 19.3 Å².